The average Bonchev–Trinajstić information content (AvgIpc) is 2.82. The molecule has 2 heteroatoms. The van der Waals surface area contributed by atoms with Crippen molar-refractivity contribution in [1.29, 1.82) is 0 Å². The number of ether oxygens (including phenoxy) is 1. The van der Waals surface area contributed by atoms with Crippen molar-refractivity contribution >= 4 is 5.78 Å². The zero-order chi connectivity index (χ0) is 11.6. The van der Waals surface area contributed by atoms with Gasteiger partial charge < -0.3 is 4.74 Å². The molecule has 1 aliphatic heterocycles. The van der Waals surface area contributed by atoms with Gasteiger partial charge in [-0.25, -0.2) is 0 Å². The number of epoxide rings is 1. The molecule has 90 valence electrons. The van der Waals surface area contributed by atoms with Crippen molar-refractivity contribution in [2.45, 2.75) is 64.6 Å². The molecule has 0 aromatic rings. The van der Waals surface area contributed by atoms with Gasteiger partial charge in [0.05, 0.1) is 11.7 Å². The van der Waals surface area contributed by atoms with Crippen LogP contribution in [0.3, 0.4) is 0 Å². The number of carbonyl (C=O) groups excluding carboxylic acids is 1. The van der Waals surface area contributed by atoms with E-state index in [9.17, 15) is 4.79 Å². The van der Waals surface area contributed by atoms with Gasteiger partial charge in [-0.1, -0.05) is 13.8 Å². The Morgan fingerprint density at radius 3 is 2.69 bits per heavy atom. The lowest BCUT2D eigenvalue weighted by atomic mass is 9.53. The summed E-state index contributed by atoms with van der Waals surface area (Å²) in [6.45, 7) is 6.84. The maximum Gasteiger partial charge on any atom is 0.136 e. The van der Waals surface area contributed by atoms with Gasteiger partial charge >= 0.3 is 0 Å². The Bertz CT molecular complexity index is 334. The molecule has 2 saturated carbocycles. The minimum absolute atomic E-state index is 0.112. The molecule has 16 heavy (non-hydrogen) atoms. The lowest BCUT2D eigenvalue weighted by Gasteiger charge is -2.51. The molecule has 3 fully saturated rings. The summed E-state index contributed by atoms with van der Waals surface area (Å²) in [5.74, 6) is 1.49. The highest BCUT2D eigenvalue weighted by atomic mass is 16.6. The molecule has 0 aromatic heterocycles. The molecular weight excluding hydrogens is 200 g/mol. The predicted molar refractivity (Wildman–Crippen MR) is 62.1 cm³/mol. The fourth-order valence-corrected chi connectivity index (χ4v) is 3.95. The molecule has 3 rings (SSSR count). The van der Waals surface area contributed by atoms with Crippen LogP contribution in [0.1, 0.15) is 52.9 Å². The Balaban J connectivity index is 1.78. The van der Waals surface area contributed by atoms with E-state index in [0.717, 1.165) is 25.7 Å². The first-order valence-corrected chi connectivity index (χ1v) is 6.63. The summed E-state index contributed by atoms with van der Waals surface area (Å²) in [5.41, 5.74) is 0.492. The van der Waals surface area contributed by atoms with Crippen LogP contribution in [0.4, 0.5) is 0 Å². The number of ketones is 1. The van der Waals surface area contributed by atoms with Gasteiger partial charge in [0.25, 0.3) is 0 Å². The van der Waals surface area contributed by atoms with E-state index in [-0.39, 0.29) is 5.60 Å². The summed E-state index contributed by atoms with van der Waals surface area (Å²) in [4.78, 5) is 12.1. The molecule has 0 aromatic carbocycles. The van der Waals surface area contributed by atoms with Crippen LogP contribution in [-0.4, -0.2) is 17.5 Å². The van der Waals surface area contributed by atoms with Crippen LogP contribution >= 0.6 is 0 Å². The van der Waals surface area contributed by atoms with Crippen molar-refractivity contribution in [2.75, 3.05) is 0 Å². The Morgan fingerprint density at radius 1 is 1.25 bits per heavy atom. The number of rotatable bonds is 0. The Hall–Kier alpha value is -0.370. The number of hydrogen-bond acceptors (Lipinski definition) is 2. The Morgan fingerprint density at radius 2 is 2.00 bits per heavy atom. The van der Waals surface area contributed by atoms with Crippen LogP contribution < -0.4 is 0 Å². The van der Waals surface area contributed by atoms with E-state index in [1.807, 2.05) is 0 Å². The van der Waals surface area contributed by atoms with Gasteiger partial charge in [-0.2, -0.15) is 0 Å². The first kappa shape index (κ1) is 10.8. The van der Waals surface area contributed by atoms with Crippen molar-refractivity contribution in [3.05, 3.63) is 0 Å². The lowest BCUT2D eigenvalue weighted by molar-refractivity contribution is -0.137. The van der Waals surface area contributed by atoms with E-state index in [2.05, 4.69) is 20.8 Å². The summed E-state index contributed by atoms with van der Waals surface area (Å²) >= 11 is 0. The van der Waals surface area contributed by atoms with Gasteiger partial charge in [0.2, 0.25) is 0 Å². The van der Waals surface area contributed by atoms with Gasteiger partial charge in [-0.15, -0.1) is 0 Å². The lowest BCUT2D eigenvalue weighted by Crippen LogP contribution is -2.47. The molecule has 1 saturated heterocycles. The molecule has 0 spiro atoms. The average molecular weight is 222 g/mol. The zero-order valence-corrected chi connectivity index (χ0v) is 10.6. The van der Waals surface area contributed by atoms with Crippen LogP contribution in [0, 0.1) is 17.3 Å². The maximum atomic E-state index is 12.1. The first-order chi connectivity index (χ1) is 7.42. The van der Waals surface area contributed by atoms with Gasteiger partial charge in [0.15, 0.2) is 0 Å². The summed E-state index contributed by atoms with van der Waals surface area (Å²) in [6.07, 6.45) is 5.51. The Labute approximate surface area is 97.7 Å². The second-order valence-corrected chi connectivity index (χ2v) is 6.87. The molecule has 2 unspecified atom stereocenters. The zero-order valence-electron chi connectivity index (χ0n) is 10.6. The second kappa shape index (κ2) is 3.10. The topological polar surface area (TPSA) is 29.6 Å². The van der Waals surface area contributed by atoms with Crippen LogP contribution in [0.5, 0.6) is 0 Å². The normalized spacial score (nSPS) is 50.2. The number of carbonyl (C=O) groups is 1. The smallest absolute Gasteiger partial charge is 0.136 e. The van der Waals surface area contributed by atoms with Crippen LogP contribution in [-0.2, 0) is 9.53 Å². The van der Waals surface area contributed by atoms with E-state index in [0.29, 0.717) is 29.1 Å². The molecule has 2 nitrogen and oxygen atoms in total. The fourth-order valence-electron chi connectivity index (χ4n) is 3.95. The molecule has 4 atom stereocenters. The predicted octanol–water partition coefficient (Wildman–Crippen LogP) is 2.95. The van der Waals surface area contributed by atoms with Crippen LogP contribution in [0.15, 0.2) is 0 Å². The highest BCUT2D eigenvalue weighted by Gasteiger charge is 2.56. The minimum atomic E-state index is 0.112. The summed E-state index contributed by atoms with van der Waals surface area (Å²) in [6, 6.07) is 0. The number of Topliss-reactive ketones (excluding diaryl/α,β-unsaturated/α-hetero) is 1. The van der Waals surface area contributed by atoms with E-state index in [1.165, 1.54) is 6.42 Å². The largest absolute Gasteiger partial charge is 0.366 e. The molecule has 0 N–H and O–H groups in total. The van der Waals surface area contributed by atoms with Crippen molar-refractivity contribution in [3.8, 4) is 0 Å². The SMILES string of the molecule is CC1(C)C[C@@H]2C(=O)CCC3O[C@@]3(C)CCC21. The number of fused-ring (bicyclic) bond motifs is 2. The molecule has 0 amide bonds. The van der Waals surface area contributed by atoms with Gasteiger partial charge in [0.1, 0.15) is 5.78 Å². The fraction of sp³-hybridized carbons (Fsp3) is 0.929. The summed E-state index contributed by atoms with van der Waals surface area (Å²) in [7, 11) is 0. The third-order valence-corrected chi connectivity index (χ3v) is 5.29. The number of hydrogen-bond donors (Lipinski definition) is 0. The summed E-state index contributed by atoms with van der Waals surface area (Å²) in [5, 5.41) is 0. The molecule has 3 aliphatic rings. The maximum absolute atomic E-state index is 12.1. The van der Waals surface area contributed by atoms with Crippen LogP contribution in [0.2, 0.25) is 0 Å². The van der Waals surface area contributed by atoms with Crippen molar-refractivity contribution in [3.63, 3.8) is 0 Å². The third-order valence-electron chi connectivity index (χ3n) is 5.29. The molecule has 2 aliphatic carbocycles. The highest BCUT2D eigenvalue weighted by molar-refractivity contribution is 5.82. The quantitative estimate of drug-likeness (QED) is 0.590. The van der Waals surface area contributed by atoms with Crippen molar-refractivity contribution in [1.82, 2.24) is 0 Å². The first-order valence-electron chi connectivity index (χ1n) is 6.63. The van der Waals surface area contributed by atoms with Gasteiger partial charge in [0, 0.05) is 12.3 Å². The molecule has 0 bridgehead atoms. The van der Waals surface area contributed by atoms with E-state index >= 15 is 0 Å². The van der Waals surface area contributed by atoms with Crippen LogP contribution in [0.25, 0.3) is 0 Å². The molecule has 0 radical (unpaired) electrons. The van der Waals surface area contributed by atoms with E-state index < -0.39 is 0 Å². The van der Waals surface area contributed by atoms with Crippen molar-refractivity contribution in [2.24, 2.45) is 17.3 Å². The minimum Gasteiger partial charge on any atom is -0.366 e. The van der Waals surface area contributed by atoms with Gasteiger partial charge in [-0.05, 0) is 43.9 Å². The third kappa shape index (κ3) is 1.46. The van der Waals surface area contributed by atoms with E-state index in [1.54, 1.807) is 0 Å². The molecule has 1 heterocycles. The van der Waals surface area contributed by atoms with Gasteiger partial charge in [-0.3, -0.25) is 4.79 Å². The monoisotopic (exact) mass is 222 g/mol. The second-order valence-electron chi connectivity index (χ2n) is 6.87. The van der Waals surface area contributed by atoms with E-state index in [4.69, 9.17) is 4.74 Å². The molecular formula is C14H22O2. The standard InChI is InChI=1S/C14H22O2/c1-13(2)8-9-10(13)6-7-14(3)12(16-14)5-4-11(9)15/h9-10,12H,4-8H2,1-3H3/t9-,10?,12?,14-/m0/s1. The highest BCUT2D eigenvalue weighted by Crippen LogP contribution is 2.57. The Kier molecular flexibility index (Phi) is 2.08. The summed E-state index contributed by atoms with van der Waals surface area (Å²) < 4.78 is 5.75. The van der Waals surface area contributed by atoms with Crippen molar-refractivity contribution < 1.29 is 9.53 Å².